The van der Waals surface area contributed by atoms with Crippen LogP contribution in [0.4, 0.5) is 0 Å². The van der Waals surface area contributed by atoms with Crippen molar-refractivity contribution < 1.29 is 14.7 Å². The molecule has 5 heteroatoms. The van der Waals surface area contributed by atoms with Crippen molar-refractivity contribution in [2.24, 2.45) is 5.92 Å². The maximum absolute atomic E-state index is 11.5. The van der Waals surface area contributed by atoms with Crippen molar-refractivity contribution in [2.45, 2.75) is 19.8 Å². The lowest BCUT2D eigenvalue weighted by atomic mass is 10.1. The normalized spacial score (nSPS) is 11.8. The summed E-state index contributed by atoms with van der Waals surface area (Å²) in [5.41, 5.74) is 1.01. The molecular weight excluding hydrogens is 220 g/mol. The molecule has 0 saturated carbocycles. The number of carbonyl (C=O) groups is 2. The summed E-state index contributed by atoms with van der Waals surface area (Å²) in [5, 5.41) is 11.4. The molecule has 1 amide bonds. The first-order valence-corrected chi connectivity index (χ1v) is 5.54. The van der Waals surface area contributed by atoms with Crippen LogP contribution in [0.5, 0.6) is 0 Å². The molecule has 0 radical (unpaired) electrons. The number of rotatable bonds is 6. The number of amides is 1. The van der Waals surface area contributed by atoms with Gasteiger partial charge in [0.1, 0.15) is 5.92 Å². The van der Waals surface area contributed by atoms with E-state index in [2.05, 4.69) is 10.3 Å². The highest BCUT2D eigenvalue weighted by molar-refractivity contribution is 5.96. The first-order valence-electron chi connectivity index (χ1n) is 5.54. The van der Waals surface area contributed by atoms with Gasteiger partial charge in [0.15, 0.2) is 0 Å². The van der Waals surface area contributed by atoms with Gasteiger partial charge in [0, 0.05) is 18.9 Å². The van der Waals surface area contributed by atoms with Crippen molar-refractivity contribution in [1.29, 1.82) is 0 Å². The zero-order valence-corrected chi connectivity index (χ0v) is 9.72. The van der Waals surface area contributed by atoms with E-state index in [1.54, 1.807) is 19.3 Å². The molecule has 92 valence electrons. The number of carboxylic acid groups (broad SMARTS) is 1. The quantitative estimate of drug-likeness (QED) is 0.718. The van der Waals surface area contributed by atoms with Gasteiger partial charge in [-0.2, -0.15) is 0 Å². The van der Waals surface area contributed by atoms with Gasteiger partial charge in [-0.05, 0) is 24.5 Å². The number of nitrogens with zero attached hydrogens (tertiary/aromatic N) is 1. The SMILES string of the molecule is CCC(C(=O)O)C(=O)NCCc1cccnc1. The lowest BCUT2D eigenvalue weighted by molar-refractivity contribution is -0.147. The molecule has 17 heavy (non-hydrogen) atoms. The maximum Gasteiger partial charge on any atom is 0.316 e. The van der Waals surface area contributed by atoms with Gasteiger partial charge in [0.2, 0.25) is 5.91 Å². The standard InChI is InChI=1S/C12H16N2O3/c1-2-10(12(16)17)11(15)14-7-5-9-4-3-6-13-8-9/h3-4,6,8,10H,2,5,7H2,1H3,(H,14,15)(H,16,17). The fourth-order valence-electron chi connectivity index (χ4n) is 1.47. The van der Waals surface area contributed by atoms with E-state index in [1.807, 2.05) is 12.1 Å². The smallest absolute Gasteiger partial charge is 0.316 e. The second-order valence-corrected chi connectivity index (χ2v) is 3.70. The average molecular weight is 236 g/mol. The third kappa shape index (κ3) is 4.22. The molecule has 2 N–H and O–H groups in total. The molecule has 1 aromatic heterocycles. The Morgan fingerprint density at radius 1 is 1.53 bits per heavy atom. The maximum atomic E-state index is 11.5. The number of hydrogen-bond acceptors (Lipinski definition) is 3. The van der Waals surface area contributed by atoms with Crippen molar-refractivity contribution in [3.8, 4) is 0 Å². The number of aromatic nitrogens is 1. The Balaban J connectivity index is 2.36. The summed E-state index contributed by atoms with van der Waals surface area (Å²) in [5.74, 6) is -2.46. The molecular formula is C12H16N2O3. The molecule has 5 nitrogen and oxygen atoms in total. The third-order valence-electron chi connectivity index (χ3n) is 2.46. The van der Waals surface area contributed by atoms with Crippen LogP contribution in [0.1, 0.15) is 18.9 Å². The summed E-state index contributed by atoms with van der Waals surface area (Å²) >= 11 is 0. The van der Waals surface area contributed by atoms with Crippen LogP contribution in [0, 0.1) is 5.92 Å². The van der Waals surface area contributed by atoms with E-state index in [-0.39, 0.29) is 0 Å². The fourth-order valence-corrected chi connectivity index (χ4v) is 1.47. The Bertz CT molecular complexity index is 379. The zero-order chi connectivity index (χ0) is 12.7. The molecule has 0 saturated heterocycles. The van der Waals surface area contributed by atoms with Crippen LogP contribution in [0.25, 0.3) is 0 Å². The summed E-state index contributed by atoms with van der Waals surface area (Å²) in [6, 6.07) is 3.73. The number of carboxylic acids is 1. The molecule has 1 atom stereocenters. The van der Waals surface area contributed by atoms with E-state index in [9.17, 15) is 9.59 Å². The van der Waals surface area contributed by atoms with Gasteiger partial charge >= 0.3 is 5.97 Å². The largest absolute Gasteiger partial charge is 0.481 e. The summed E-state index contributed by atoms with van der Waals surface area (Å²) in [6.07, 6.45) is 4.35. The number of aliphatic carboxylic acids is 1. The number of nitrogens with one attached hydrogen (secondary N) is 1. The molecule has 0 aromatic carbocycles. The van der Waals surface area contributed by atoms with Crippen molar-refractivity contribution in [3.63, 3.8) is 0 Å². The molecule has 1 aromatic rings. The summed E-state index contributed by atoms with van der Waals surface area (Å²) in [6.45, 7) is 2.10. The van der Waals surface area contributed by atoms with Crippen molar-refractivity contribution in [1.82, 2.24) is 10.3 Å². The van der Waals surface area contributed by atoms with Crippen molar-refractivity contribution in [3.05, 3.63) is 30.1 Å². The van der Waals surface area contributed by atoms with Crippen LogP contribution in [0.2, 0.25) is 0 Å². The first kappa shape index (κ1) is 13.2. The van der Waals surface area contributed by atoms with Gasteiger partial charge in [-0.3, -0.25) is 14.6 Å². The molecule has 0 bridgehead atoms. The number of carbonyl (C=O) groups excluding carboxylic acids is 1. The highest BCUT2D eigenvalue weighted by Crippen LogP contribution is 2.02. The minimum Gasteiger partial charge on any atom is -0.481 e. The van der Waals surface area contributed by atoms with Gasteiger partial charge in [0.25, 0.3) is 0 Å². The molecule has 0 spiro atoms. The predicted molar refractivity (Wildman–Crippen MR) is 62.4 cm³/mol. The van der Waals surface area contributed by atoms with Crippen LogP contribution < -0.4 is 5.32 Å². The van der Waals surface area contributed by atoms with Crippen LogP contribution >= 0.6 is 0 Å². The Hall–Kier alpha value is -1.91. The topological polar surface area (TPSA) is 79.3 Å². The van der Waals surface area contributed by atoms with Crippen LogP contribution in [0.15, 0.2) is 24.5 Å². The number of pyridine rings is 1. The van der Waals surface area contributed by atoms with E-state index < -0.39 is 17.8 Å². The van der Waals surface area contributed by atoms with Gasteiger partial charge in [-0.1, -0.05) is 13.0 Å². The molecule has 0 aliphatic carbocycles. The van der Waals surface area contributed by atoms with Crippen molar-refractivity contribution in [2.75, 3.05) is 6.54 Å². The molecule has 1 rings (SSSR count). The molecule has 1 heterocycles. The van der Waals surface area contributed by atoms with E-state index in [1.165, 1.54) is 0 Å². The second kappa shape index (κ2) is 6.62. The highest BCUT2D eigenvalue weighted by Gasteiger charge is 2.23. The summed E-state index contributed by atoms with van der Waals surface area (Å²) in [4.78, 5) is 26.2. The van der Waals surface area contributed by atoms with Gasteiger partial charge < -0.3 is 10.4 Å². The molecule has 0 aliphatic heterocycles. The monoisotopic (exact) mass is 236 g/mol. The Labute approximate surface area is 99.9 Å². The van der Waals surface area contributed by atoms with Crippen LogP contribution in [-0.2, 0) is 16.0 Å². The van der Waals surface area contributed by atoms with Crippen LogP contribution in [0.3, 0.4) is 0 Å². The Kier molecular flexibility index (Phi) is 5.13. The van der Waals surface area contributed by atoms with E-state index in [4.69, 9.17) is 5.11 Å². The van der Waals surface area contributed by atoms with Crippen LogP contribution in [-0.4, -0.2) is 28.5 Å². The molecule has 0 aliphatic rings. The Morgan fingerprint density at radius 2 is 2.29 bits per heavy atom. The van der Waals surface area contributed by atoms with Gasteiger partial charge in [0.05, 0.1) is 0 Å². The van der Waals surface area contributed by atoms with E-state index in [0.29, 0.717) is 19.4 Å². The fraction of sp³-hybridized carbons (Fsp3) is 0.417. The highest BCUT2D eigenvalue weighted by atomic mass is 16.4. The number of hydrogen-bond donors (Lipinski definition) is 2. The predicted octanol–water partition coefficient (Wildman–Crippen LogP) is 0.851. The zero-order valence-electron chi connectivity index (χ0n) is 9.72. The van der Waals surface area contributed by atoms with Gasteiger partial charge in [-0.25, -0.2) is 0 Å². The second-order valence-electron chi connectivity index (χ2n) is 3.70. The first-order chi connectivity index (χ1) is 8.15. The minimum absolute atomic E-state index is 0.300. The average Bonchev–Trinajstić information content (AvgIpc) is 2.30. The minimum atomic E-state index is -1.08. The lowest BCUT2D eigenvalue weighted by Crippen LogP contribution is -2.36. The van der Waals surface area contributed by atoms with E-state index in [0.717, 1.165) is 5.56 Å². The summed E-state index contributed by atoms with van der Waals surface area (Å²) < 4.78 is 0. The molecule has 1 unspecified atom stereocenters. The lowest BCUT2D eigenvalue weighted by Gasteiger charge is -2.10. The Morgan fingerprint density at radius 3 is 2.82 bits per heavy atom. The van der Waals surface area contributed by atoms with E-state index >= 15 is 0 Å². The molecule has 0 fully saturated rings. The van der Waals surface area contributed by atoms with Crippen molar-refractivity contribution >= 4 is 11.9 Å². The van der Waals surface area contributed by atoms with Gasteiger partial charge in [-0.15, -0.1) is 0 Å². The summed E-state index contributed by atoms with van der Waals surface area (Å²) in [7, 11) is 0. The third-order valence-corrected chi connectivity index (χ3v) is 2.46.